The first-order valence-electron chi connectivity index (χ1n) is 4.28. The van der Waals surface area contributed by atoms with E-state index in [4.69, 9.17) is 0 Å². The fraction of sp³-hybridized carbons (Fsp3) is 0.778. The lowest BCUT2D eigenvalue weighted by atomic mass is 10.2. The van der Waals surface area contributed by atoms with Crippen LogP contribution >= 0.6 is 0 Å². The summed E-state index contributed by atoms with van der Waals surface area (Å²) in [5, 5.41) is 2.97. The van der Waals surface area contributed by atoms with Gasteiger partial charge >= 0.3 is 0 Å². The number of rotatable bonds is 5. The Bertz CT molecular complexity index is 110. The lowest BCUT2D eigenvalue weighted by Gasteiger charge is -2.22. The molecule has 2 heteroatoms. The van der Waals surface area contributed by atoms with Crippen LogP contribution in [0.25, 0.3) is 0 Å². The molecule has 2 nitrogen and oxygen atoms in total. The third-order valence-corrected chi connectivity index (χ3v) is 1.88. The van der Waals surface area contributed by atoms with Gasteiger partial charge in [-0.1, -0.05) is 13.3 Å². The predicted molar refractivity (Wildman–Crippen MR) is 50.3 cm³/mol. The van der Waals surface area contributed by atoms with Crippen LogP contribution in [0.2, 0.25) is 0 Å². The van der Waals surface area contributed by atoms with Gasteiger partial charge in [0.05, 0.1) is 0 Å². The van der Waals surface area contributed by atoms with Gasteiger partial charge in [0.1, 0.15) is 0 Å². The molecule has 0 aliphatic heterocycles. The highest BCUT2D eigenvalue weighted by Crippen LogP contribution is 2.03. The molecule has 0 aliphatic carbocycles. The maximum atomic E-state index is 2.97. The van der Waals surface area contributed by atoms with Crippen LogP contribution in [0.4, 0.5) is 0 Å². The molecular formula is C9H20N2. The van der Waals surface area contributed by atoms with Gasteiger partial charge in [-0.25, -0.2) is 0 Å². The highest BCUT2D eigenvalue weighted by Gasteiger charge is 2.01. The first kappa shape index (κ1) is 10.3. The monoisotopic (exact) mass is 156 g/mol. The van der Waals surface area contributed by atoms with Gasteiger partial charge in [-0.15, -0.1) is 0 Å². The molecule has 0 aromatic heterocycles. The van der Waals surface area contributed by atoms with Gasteiger partial charge in [0.15, 0.2) is 0 Å². The van der Waals surface area contributed by atoms with Crippen LogP contribution in [0.1, 0.15) is 26.7 Å². The van der Waals surface area contributed by atoms with Gasteiger partial charge < -0.3 is 10.2 Å². The van der Waals surface area contributed by atoms with Crippen molar-refractivity contribution in [2.24, 2.45) is 0 Å². The smallest absolute Gasteiger partial charge is 0.0253 e. The molecule has 1 atom stereocenters. The standard InChI is InChI=1S/C9H20N2/c1-5-6-9(2)11(4)8-7-10-3/h7-10H,5-6H2,1-4H3/b8-7-. The summed E-state index contributed by atoms with van der Waals surface area (Å²) in [6.45, 7) is 4.45. The average Bonchev–Trinajstić information content (AvgIpc) is 2.00. The Balaban J connectivity index is 3.62. The zero-order valence-corrected chi connectivity index (χ0v) is 8.09. The number of nitrogens with zero attached hydrogens (tertiary/aromatic N) is 1. The molecule has 1 unspecified atom stereocenters. The van der Waals surface area contributed by atoms with Crippen LogP contribution < -0.4 is 5.32 Å². The Morgan fingerprint density at radius 2 is 2.18 bits per heavy atom. The Labute approximate surface area is 70.3 Å². The SMILES string of the molecule is CCCC(C)N(C)/C=C\NC. The van der Waals surface area contributed by atoms with E-state index in [1.54, 1.807) is 0 Å². The van der Waals surface area contributed by atoms with E-state index >= 15 is 0 Å². The van der Waals surface area contributed by atoms with Gasteiger partial charge in [-0.3, -0.25) is 0 Å². The molecule has 0 heterocycles. The minimum atomic E-state index is 0.643. The van der Waals surface area contributed by atoms with E-state index in [9.17, 15) is 0 Å². The summed E-state index contributed by atoms with van der Waals surface area (Å²) < 4.78 is 0. The predicted octanol–water partition coefficient (Wildman–Crippen LogP) is 1.80. The van der Waals surface area contributed by atoms with Crippen molar-refractivity contribution < 1.29 is 0 Å². The van der Waals surface area contributed by atoms with Crippen LogP contribution in [0.15, 0.2) is 12.4 Å². The molecule has 0 rings (SSSR count). The van der Waals surface area contributed by atoms with Crippen LogP contribution in [0, 0.1) is 0 Å². The molecule has 0 aliphatic rings. The van der Waals surface area contributed by atoms with Gasteiger partial charge in [0.25, 0.3) is 0 Å². The molecule has 0 spiro atoms. The maximum absolute atomic E-state index is 2.97. The number of hydrogen-bond donors (Lipinski definition) is 1. The molecule has 0 saturated heterocycles. The third kappa shape index (κ3) is 4.71. The van der Waals surface area contributed by atoms with Crippen molar-refractivity contribution in [2.45, 2.75) is 32.7 Å². The lowest BCUT2D eigenvalue weighted by molar-refractivity contribution is 0.330. The molecule has 0 bridgehead atoms. The second-order valence-corrected chi connectivity index (χ2v) is 2.91. The molecule has 0 radical (unpaired) electrons. The van der Waals surface area contributed by atoms with Gasteiger partial charge in [-0.2, -0.15) is 0 Å². The molecule has 0 fully saturated rings. The Hall–Kier alpha value is -0.660. The second kappa shape index (κ2) is 6.08. The summed E-state index contributed by atoms with van der Waals surface area (Å²) in [6, 6.07) is 0.643. The fourth-order valence-corrected chi connectivity index (χ4v) is 0.960. The Morgan fingerprint density at radius 1 is 1.55 bits per heavy atom. The lowest BCUT2D eigenvalue weighted by Crippen LogP contribution is -2.23. The summed E-state index contributed by atoms with van der Waals surface area (Å²) in [5.74, 6) is 0. The average molecular weight is 156 g/mol. The molecule has 66 valence electrons. The van der Waals surface area contributed by atoms with E-state index in [2.05, 4.69) is 37.3 Å². The Morgan fingerprint density at radius 3 is 2.64 bits per heavy atom. The first-order chi connectivity index (χ1) is 5.22. The van der Waals surface area contributed by atoms with E-state index < -0.39 is 0 Å². The summed E-state index contributed by atoms with van der Waals surface area (Å²) in [7, 11) is 4.02. The summed E-state index contributed by atoms with van der Waals surface area (Å²) in [4.78, 5) is 2.22. The molecule has 0 amide bonds. The molecule has 0 saturated carbocycles. The normalized spacial score (nSPS) is 13.5. The van der Waals surface area contributed by atoms with Crippen molar-refractivity contribution in [3.8, 4) is 0 Å². The molecule has 0 aromatic rings. The highest BCUT2D eigenvalue weighted by molar-refractivity contribution is 4.80. The van der Waals surface area contributed by atoms with Gasteiger partial charge in [0.2, 0.25) is 0 Å². The van der Waals surface area contributed by atoms with Crippen molar-refractivity contribution >= 4 is 0 Å². The fourth-order valence-electron chi connectivity index (χ4n) is 0.960. The summed E-state index contributed by atoms with van der Waals surface area (Å²) >= 11 is 0. The highest BCUT2D eigenvalue weighted by atomic mass is 15.1. The third-order valence-electron chi connectivity index (χ3n) is 1.88. The molecule has 1 N–H and O–H groups in total. The topological polar surface area (TPSA) is 15.3 Å². The zero-order chi connectivity index (χ0) is 8.69. The van der Waals surface area contributed by atoms with Crippen molar-refractivity contribution in [3.63, 3.8) is 0 Å². The second-order valence-electron chi connectivity index (χ2n) is 2.91. The quantitative estimate of drug-likeness (QED) is 0.653. The van der Waals surface area contributed by atoms with E-state index in [1.165, 1.54) is 12.8 Å². The zero-order valence-electron chi connectivity index (χ0n) is 8.09. The van der Waals surface area contributed by atoms with Crippen LogP contribution in [-0.4, -0.2) is 25.0 Å². The van der Waals surface area contributed by atoms with E-state index in [0.717, 1.165) is 0 Å². The van der Waals surface area contributed by atoms with E-state index in [0.29, 0.717) is 6.04 Å². The van der Waals surface area contributed by atoms with Gasteiger partial charge in [0, 0.05) is 32.5 Å². The number of hydrogen-bond acceptors (Lipinski definition) is 2. The minimum absolute atomic E-state index is 0.643. The summed E-state index contributed by atoms with van der Waals surface area (Å²) in [6.07, 6.45) is 6.52. The van der Waals surface area contributed by atoms with Crippen LogP contribution in [0.5, 0.6) is 0 Å². The Kier molecular flexibility index (Phi) is 5.71. The molecular weight excluding hydrogens is 136 g/mol. The minimum Gasteiger partial charge on any atom is -0.393 e. The van der Waals surface area contributed by atoms with Crippen LogP contribution in [-0.2, 0) is 0 Å². The van der Waals surface area contributed by atoms with Gasteiger partial charge in [-0.05, 0) is 13.3 Å². The van der Waals surface area contributed by atoms with Crippen molar-refractivity contribution in [1.29, 1.82) is 0 Å². The molecule has 11 heavy (non-hydrogen) atoms. The van der Waals surface area contributed by atoms with Crippen LogP contribution in [0.3, 0.4) is 0 Å². The summed E-state index contributed by atoms with van der Waals surface area (Å²) in [5.41, 5.74) is 0. The van der Waals surface area contributed by atoms with E-state index in [-0.39, 0.29) is 0 Å². The largest absolute Gasteiger partial charge is 0.393 e. The molecule has 0 aromatic carbocycles. The number of nitrogens with one attached hydrogen (secondary N) is 1. The van der Waals surface area contributed by atoms with Crippen molar-refractivity contribution in [1.82, 2.24) is 10.2 Å². The van der Waals surface area contributed by atoms with Crippen molar-refractivity contribution in [3.05, 3.63) is 12.4 Å². The van der Waals surface area contributed by atoms with Crippen molar-refractivity contribution in [2.75, 3.05) is 14.1 Å². The first-order valence-corrected chi connectivity index (χ1v) is 4.28. The van der Waals surface area contributed by atoms with E-state index in [1.807, 2.05) is 13.2 Å². The maximum Gasteiger partial charge on any atom is 0.0253 e.